The molecule has 92 valence electrons. The molecule has 1 aromatic rings. The summed E-state index contributed by atoms with van der Waals surface area (Å²) in [5.41, 5.74) is -0.199. The number of H-pyrrole nitrogens is 1. The highest BCUT2D eigenvalue weighted by Gasteiger charge is 2.37. The SMILES string of the molecule is COc1c(N2CC3CCCC3C2)nc[nH]c1=O. The average molecular weight is 235 g/mol. The largest absolute Gasteiger partial charge is 0.489 e. The summed E-state index contributed by atoms with van der Waals surface area (Å²) >= 11 is 0. The van der Waals surface area contributed by atoms with Gasteiger partial charge >= 0.3 is 0 Å². The zero-order valence-electron chi connectivity index (χ0n) is 9.98. The highest BCUT2D eigenvalue weighted by atomic mass is 16.5. The minimum absolute atomic E-state index is 0.199. The van der Waals surface area contributed by atoms with Gasteiger partial charge in [-0.1, -0.05) is 6.42 Å². The molecule has 2 fully saturated rings. The van der Waals surface area contributed by atoms with Crippen LogP contribution in [0, 0.1) is 11.8 Å². The number of ether oxygens (including phenoxy) is 1. The molecule has 0 bridgehead atoms. The summed E-state index contributed by atoms with van der Waals surface area (Å²) < 4.78 is 5.16. The number of fused-ring (bicyclic) bond motifs is 1. The molecule has 1 aliphatic carbocycles. The first-order chi connectivity index (χ1) is 8.29. The van der Waals surface area contributed by atoms with Crippen LogP contribution in [0.4, 0.5) is 5.82 Å². The summed E-state index contributed by atoms with van der Waals surface area (Å²) in [6, 6.07) is 0. The Balaban J connectivity index is 1.90. The summed E-state index contributed by atoms with van der Waals surface area (Å²) in [4.78, 5) is 20.6. The second kappa shape index (κ2) is 4.05. The van der Waals surface area contributed by atoms with Crippen LogP contribution in [0.1, 0.15) is 19.3 Å². The van der Waals surface area contributed by atoms with Crippen molar-refractivity contribution in [3.8, 4) is 5.75 Å². The first-order valence-corrected chi connectivity index (χ1v) is 6.16. The Morgan fingerprint density at radius 3 is 2.76 bits per heavy atom. The number of aromatic nitrogens is 2. The second-order valence-corrected chi connectivity index (χ2v) is 4.94. The van der Waals surface area contributed by atoms with Crippen molar-refractivity contribution < 1.29 is 4.74 Å². The highest BCUT2D eigenvalue weighted by Crippen LogP contribution is 2.40. The van der Waals surface area contributed by atoms with Crippen molar-refractivity contribution >= 4 is 5.82 Å². The smallest absolute Gasteiger partial charge is 0.295 e. The third-order valence-electron chi connectivity index (χ3n) is 4.02. The van der Waals surface area contributed by atoms with Gasteiger partial charge in [-0.25, -0.2) is 4.98 Å². The number of anilines is 1. The fourth-order valence-corrected chi connectivity index (χ4v) is 3.19. The van der Waals surface area contributed by atoms with E-state index in [4.69, 9.17) is 4.74 Å². The molecule has 2 aliphatic rings. The van der Waals surface area contributed by atoms with Gasteiger partial charge in [0.25, 0.3) is 5.56 Å². The number of hydrogen-bond acceptors (Lipinski definition) is 4. The van der Waals surface area contributed by atoms with Crippen LogP contribution < -0.4 is 15.2 Å². The molecule has 0 amide bonds. The van der Waals surface area contributed by atoms with Gasteiger partial charge in [-0.3, -0.25) is 4.79 Å². The minimum atomic E-state index is -0.199. The predicted octanol–water partition coefficient (Wildman–Crippen LogP) is 1.01. The molecule has 1 saturated heterocycles. The van der Waals surface area contributed by atoms with Crippen molar-refractivity contribution in [2.45, 2.75) is 19.3 Å². The summed E-state index contributed by atoms with van der Waals surface area (Å²) in [5.74, 6) is 2.60. The van der Waals surface area contributed by atoms with E-state index in [1.807, 2.05) is 0 Å². The average Bonchev–Trinajstić information content (AvgIpc) is 2.88. The Kier molecular flexibility index (Phi) is 2.53. The van der Waals surface area contributed by atoms with Gasteiger partial charge in [-0.2, -0.15) is 0 Å². The molecule has 2 heterocycles. The van der Waals surface area contributed by atoms with E-state index in [2.05, 4.69) is 14.9 Å². The van der Waals surface area contributed by atoms with Crippen LogP contribution in [0.2, 0.25) is 0 Å². The summed E-state index contributed by atoms with van der Waals surface area (Å²) in [6.07, 6.45) is 5.43. The molecule has 1 saturated carbocycles. The summed E-state index contributed by atoms with van der Waals surface area (Å²) in [7, 11) is 1.52. The molecule has 2 atom stereocenters. The lowest BCUT2D eigenvalue weighted by molar-refractivity contribution is 0.405. The molecule has 2 unspecified atom stereocenters. The minimum Gasteiger partial charge on any atom is -0.489 e. The van der Waals surface area contributed by atoms with Gasteiger partial charge in [0.15, 0.2) is 5.82 Å². The van der Waals surface area contributed by atoms with Gasteiger partial charge < -0.3 is 14.6 Å². The van der Waals surface area contributed by atoms with E-state index in [0.29, 0.717) is 11.6 Å². The van der Waals surface area contributed by atoms with E-state index in [0.717, 1.165) is 24.9 Å². The third kappa shape index (κ3) is 1.69. The summed E-state index contributed by atoms with van der Waals surface area (Å²) in [5, 5.41) is 0. The van der Waals surface area contributed by atoms with E-state index < -0.39 is 0 Å². The Morgan fingerprint density at radius 1 is 1.41 bits per heavy atom. The normalized spacial score (nSPS) is 27.2. The first-order valence-electron chi connectivity index (χ1n) is 6.16. The fourth-order valence-electron chi connectivity index (χ4n) is 3.19. The Morgan fingerprint density at radius 2 is 2.12 bits per heavy atom. The summed E-state index contributed by atoms with van der Waals surface area (Å²) in [6.45, 7) is 2.02. The van der Waals surface area contributed by atoms with Crippen LogP contribution in [0.25, 0.3) is 0 Å². The maximum Gasteiger partial charge on any atom is 0.295 e. The quantitative estimate of drug-likeness (QED) is 0.831. The number of nitrogens with zero attached hydrogens (tertiary/aromatic N) is 2. The van der Waals surface area contributed by atoms with Gasteiger partial charge in [0.1, 0.15) is 0 Å². The van der Waals surface area contributed by atoms with E-state index in [-0.39, 0.29) is 5.56 Å². The van der Waals surface area contributed by atoms with Crippen molar-refractivity contribution in [2.24, 2.45) is 11.8 Å². The molecule has 1 N–H and O–H groups in total. The van der Waals surface area contributed by atoms with Crippen LogP contribution in [-0.2, 0) is 0 Å². The molecule has 1 aromatic heterocycles. The lowest BCUT2D eigenvalue weighted by Crippen LogP contribution is -2.25. The van der Waals surface area contributed by atoms with Crippen LogP contribution in [-0.4, -0.2) is 30.2 Å². The standard InChI is InChI=1S/C12H17N3O2/c1-17-10-11(13-7-14-12(10)16)15-5-8-3-2-4-9(8)6-15/h7-9H,2-6H2,1H3,(H,13,14,16). The van der Waals surface area contributed by atoms with E-state index in [1.54, 1.807) is 0 Å². The predicted molar refractivity (Wildman–Crippen MR) is 64.5 cm³/mol. The lowest BCUT2D eigenvalue weighted by Gasteiger charge is -2.19. The number of aromatic amines is 1. The molecule has 3 rings (SSSR count). The zero-order chi connectivity index (χ0) is 11.8. The van der Waals surface area contributed by atoms with E-state index >= 15 is 0 Å². The monoisotopic (exact) mass is 235 g/mol. The van der Waals surface area contributed by atoms with Crippen molar-refractivity contribution in [3.63, 3.8) is 0 Å². The van der Waals surface area contributed by atoms with Gasteiger partial charge in [0.05, 0.1) is 13.4 Å². The highest BCUT2D eigenvalue weighted by molar-refractivity contribution is 5.51. The Labute approximate surface area is 99.8 Å². The fraction of sp³-hybridized carbons (Fsp3) is 0.667. The number of hydrogen-bond donors (Lipinski definition) is 1. The number of methoxy groups -OCH3 is 1. The molecular weight excluding hydrogens is 218 g/mol. The Hall–Kier alpha value is -1.52. The molecule has 5 heteroatoms. The molecule has 0 spiro atoms. The van der Waals surface area contributed by atoms with Gasteiger partial charge in [-0.05, 0) is 24.7 Å². The van der Waals surface area contributed by atoms with Gasteiger partial charge in [-0.15, -0.1) is 0 Å². The maximum absolute atomic E-state index is 11.6. The molecule has 1 aliphatic heterocycles. The van der Waals surface area contributed by atoms with Crippen LogP contribution in [0.5, 0.6) is 5.75 Å². The molecule has 0 aromatic carbocycles. The van der Waals surface area contributed by atoms with Crippen molar-refractivity contribution in [3.05, 3.63) is 16.7 Å². The van der Waals surface area contributed by atoms with Crippen molar-refractivity contribution in [1.29, 1.82) is 0 Å². The van der Waals surface area contributed by atoms with Crippen LogP contribution in [0.3, 0.4) is 0 Å². The maximum atomic E-state index is 11.6. The van der Waals surface area contributed by atoms with Gasteiger partial charge in [0, 0.05) is 13.1 Å². The van der Waals surface area contributed by atoms with Crippen molar-refractivity contribution in [2.75, 3.05) is 25.1 Å². The topological polar surface area (TPSA) is 58.2 Å². The lowest BCUT2D eigenvalue weighted by atomic mass is 10.0. The van der Waals surface area contributed by atoms with Crippen molar-refractivity contribution in [1.82, 2.24) is 9.97 Å². The van der Waals surface area contributed by atoms with Gasteiger partial charge in [0.2, 0.25) is 5.75 Å². The molecule has 5 nitrogen and oxygen atoms in total. The van der Waals surface area contributed by atoms with Crippen LogP contribution in [0.15, 0.2) is 11.1 Å². The molecular formula is C12H17N3O2. The van der Waals surface area contributed by atoms with E-state index in [1.165, 1.54) is 32.7 Å². The molecule has 0 radical (unpaired) electrons. The zero-order valence-corrected chi connectivity index (χ0v) is 9.98. The number of nitrogens with one attached hydrogen (secondary N) is 1. The van der Waals surface area contributed by atoms with E-state index in [9.17, 15) is 4.79 Å². The third-order valence-corrected chi connectivity index (χ3v) is 4.02. The number of rotatable bonds is 2. The first kappa shape index (κ1) is 10.6. The molecule has 17 heavy (non-hydrogen) atoms. The Bertz CT molecular complexity index is 459. The second-order valence-electron chi connectivity index (χ2n) is 4.94. The van der Waals surface area contributed by atoms with Crippen LogP contribution >= 0.6 is 0 Å².